The van der Waals surface area contributed by atoms with E-state index < -0.39 is 6.09 Å². The number of methoxy groups -OCH3 is 1. The third-order valence-electron chi connectivity index (χ3n) is 1.61. The number of hydrogen-bond acceptors (Lipinski definition) is 3. The summed E-state index contributed by atoms with van der Waals surface area (Å²) in [6.45, 7) is 6.19. The first-order valence-corrected chi connectivity index (χ1v) is 4.43. The van der Waals surface area contributed by atoms with Crippen LogP contribution in [-0.4, -0.2) is 18.9 Å². The maximum atomic E-state index is 10.6. The fourth-order valence-corrected chi connectivity index (χ4v) is 0.740. The first kappa shape index (κ1) is 11.9. The summed E-state index contributed by atoms with van der Waals surface area (Å²) >= 11 is 0. The van der Waals surface area contributed by atoms with Crippen molar-refractivity contribution in [3.05, 3.63) is 0 Å². The minimum Gasteiger partial charge on any atom is -0.452 e. The van der Waals surface area contributed by atoms with Gasteiger partial charge >= 0.3 is 6.09 Å². The highest BCUT2D eigenvalue weighted by molar-refractivity contribution is 5.83. The molecule has 0 bridgehead atoms. The van der Waals surface area contributed by atoms with Crippen molar-refractivity contribution in [3.8, 4) is 0 Å². The first-order valence-electron chi connectivity index (χ1n) is 4.43. The van der Waals surface area contributed by atoms with Gasteiger partial charge in [0.15, 0.2) is 0 Å². The molecule has 0 rings (SSSR count). The second-order valence-electron chi connectivity index (χ2n) is 3.38. The molecule has 1 N–H and O–H groups in total. The molecule has 1 amide bonds. The molecule has 0 aliphatic rings. The number of hydrazone groups is 1. The van der Waals surface area contributed by atoms with Gasteiger partial charge in [-0.25, -0.2) is 10.2 Å². The molecule has 0 saturated carbocycles. The molecule has 0 aromatic rings. The molecular weight excluding hydrogens is 168 g/mol. The number of nitrogens with zero attached hydrogens (tertiary/aromatic N) is 1. The summed E-state index contributed by atoms with van der Waals surface area (Å²) in [7, 11) is 1.31. The molecule has 0 saturated heterocycles. The highest BCUT2D eigenvalue weighted by Crippen LogP contribution is 2.03. The minimum absolute atomic E-state index is 0.524. The first-order chi connectivity index (χ1) is 6.06. The van der Waals surface area contributed by atoms with Gasteiger partial charge in [-0.3, -0.25) is 0 Å². The van der Waals surface area contributed by atoms with Gasteiger partial charge in [0.1, 0.15) is 0 Å². The lowest BCUT2D eigenvalue weighted by molar-refractivity contribution is 0.171. The predicted octanol–water partition coefficient (Wildman–Crippen LogP) is 2.15. The van der Waals surface area contributed by atoms with Gasteiger partial charge in [-0.05, 0) is 25.7 Å². The van der Waals surface area contributed by atoms with Crippen LogP contribution in [0.15, 0.2) is 5.10 Å². The largest absolute Gasteiger partial charge is 0.452 e. The molecule has 0 aromatic carbocycles. The summed E-state index contributed by atoms with van der Waals surface area (Å²) in [5.41, 5.74) is 3.20. The van der Waals surface area contributed by atoms with E-state index in [1.165, 1.54) is 7.11 Å². The molecule has 0 radical (unpaired) electrons. The molecule has 0 heterocycles. The van der Waals surface area contributed by atoms with Gasteiger partial charge < -0.3 is 4.74 Å². The molecular formula is C9H18N2O2. The van der Waals surface area contributed by atoms with Crippen LogP contribution in [0.4, 0.5) is 4.79 Å². The van der Waals surface area contributed by atoms with Crippen molar-refractivity contribution in [2.45, 2.75) is 33.6 Å². The van der Waals surface area contributed by atoms with Gasteiger partial charge in [0.05, 0.1) is 7.11 Å². The zero-order valence-corrected chi connectivity index (χ0v) is 8.76. The summed E-state index contributed by atoms with van der Waals surface area (Å²) in [6, 6.07) is 0. The van der Waals surface area contributed by atoms with Crippen LogP contribution in [0, 0.1) is 5.92 Å². The minimum atomic E-state index is -0.524. The Bertz CT molecular complexity index is 188. The summed E-state index contributed by atoms with van der Waals surface area (Å²) in [6.07, 6.45) is 1.46. The molecule has 0 unspecified atom stereocenters. The molecule has 13 heavy (non-hydrogen) atoms. The molecule has 0 fully saturated rings. The van der Waals surface area contributed by atoms with E-state index in [1.807, 2.05) is 6.92 Å². The molecule has 0 atom stereocenters. The number of nitrogens with one attached hydrogen (secondary N) is 1. The van der Waals surface area contributed by atoms with E-state index in [2.05, 4.69) is 29.1 Å². The van der Waals surface area contributed by atoms with Crippen molar-refractivity contribution in [1.82, 2.24) is 5.43 Å². The van der Waals surface area contributed by atoms with Gasteiger partial charge in [0.25, 0.3) is 0 Å². The molecule has 0 aromatic heterocycles. The van der Waals surface area contributed by atoms with Crippen LogP contribution in [0.25, 0.3) is 0 Å². The van der Waals surface area contributed by atoms with E-state index in [0.717, 1.165) is 18.6 Å². The highest BCUT2D eigenvalue weighted by Gasteiger charge is 1.98. The summed E-state index contributed by atoms with van der Waals surface area (Å²) in [4.78, 5) is 10.6. The second-order valence-corrected chi connectivity index (χ2v) is 3.38. The van der Waals surface area contributed by atoms with E-state index in [-0.39, 0.29) is 0 Å². The molecule has 4 nitrogen and oxygen atoms in total. The van der Waals surface area contributed by atoms with E-state index in [0.29, 0.717) is 5.92 Å². The molecule has 0 aliphatic carbocycles. The monoisotopic (exact) mass is 186 g/mol. The summed E-state index contributed by atoms with van der Waals surface area (Å²) in [5, 5.41) is 3.86. The fraction of sp³-hybridized carbons (Fsp3) is 0.778. The van der Waals surface area contributed by atoms with Crippen molar-refractivity contribution in [3.63, 3.8) is 0 Å². The standard InChI is InChI=1S/C9H18N2O2/c1-7(2)5-6-8(3)10-11-9(12)13-4/h7H,5-6H2,1-4H3,(H,11,12). The third kappa shape index (κ3) is 7.31. The maximum absolute atomic E-state index is 10.6. The van der Waals surface area contributed by atoms with Crippen LogP contribution >= 0.6 is 0 Å². The summed E-state index contributed by atoms with van der Waals surface area (Å²) < 4.78 is 4.37. The van der Waals surface area contributed by atoms with Gasteiger partial charge in [-0.2, -0.15) is 5.10 Å². The molecule has 4 heteroatoms. The number of ether oxygens (including phenoxy) is 1. The van der Waals surface area contributed by atoms with Crippen molar-refractivity contribution in [2.75, 3.05) is 7.11 Å². The Morgan fingerprint density at radius 1 is 1.54 bits per heavy atom. The molecule has 76 valence electrons. The predicted molar refractivity (Wildman–Crippen MR) is 52.7 cm³/mol. The van der Waals surface area contributed by atoms with Crippen molar-refractivity contribution >= 4 is 11.8 Å². The highest BCUT2D eigenvalue weighted by atomic mass is 16.5. The third-order valence-corrected chi connectivity index (χ3v) is 1.61. The molecule has 0 aliphatic heterocycles. The number of carbonyl (C=O) groups excluding carboxylic acids is 1. The maximum Gasteiger partial charge on any atom is 0.427 e. The normalized spacial score (nSPS) is 11.6. The van der Waals surface area contributed by atoms with Crippen LogP contribution in [0.3, 0.4) is 0 Å². The summed E-state index contributed by atoms with van der Waals surface area (Å²) in [5.74, 6) is 0.656. The zero-order valence-electron chi connectivity index (χ0n) is 8.76. The van der Waals surface area contributed by atoms with E-state index in [1.54, 1.807) is 0 Å². The van der Waals surface area contributed by atoms with E-state index in [9.17, 15) is 4.79 Å². The number of hydrogen-bond donors (Lipinski definition) is 1. The lowest BCUT2D eigenvalue weighted by atomic mass is 10.1. The fourth-order valence-electron chi connectivity index (χ4n) is 0.740. The average Bonchev–Trinajstić information content (AvgIpc) is 2.10. The van der Waals surface area contributed by atoms with Crippen molar-refractivity contribution in [2.24, 2.45) is 11.0 Å². The Balaban J connectivity index is 3.69. The smallest absolute Gasteiger partial charge is 0.427 e. The Morgan fingerprint density at radius 2 is 2.15 bits per heavy atom. The topological polar surface area (TPSA) is 50.7 Å². The Morgan fingerprint density at radius 3 is 2.62 bits per heavy atom. The van der Waals surface area contributed by atoms with Crippen LogP contribution in [0.2, 0.25) is 0 Å². The Kier molecular flexibility index (Phi) is 5.93. The number of amides is 1. The molecule has 0 spiro atoms. The Labute approximate surface area is 79.3 Å². The van der Waals surface area contributed by atoms with Crippen molar-refractivity contribution in [1.29, 1.82) is 0 Å². The lowest BCUT2D eigenvalue weighted by Crippen LogP contribution is -2.18. The van der Waals surface area contributed by atoms with E-state index >= 15 is 0 Å². The van der Waals surface area contributed by atoms with Gasteiger partial charge in [0, 0.05) is 5.71 Å². The van der Waals surface area contributed by atoms with Crippen LogP contribution in [-0.2, 0) is 4.74 Å². The van der Waals surface area contributed by atoms with E-state index in [4.69, 9.17) is 0 Å². The zero-order chi connectivity index (χ0) is 10.3. The van der Waals surface area contributed by atoms with Gasteiger partial charge in [-0.1, -0.05) is 13.8 Å². The number of rotatable bonds is 4. The van der Waals surface area contributed by atoms with Gasteiger partial charge in [-0.15, -0.1) is 0 Å². The van der Waals surface area contributed by atoms with Crippen LogP contribution in [0.5, 0.6) is 0 Å². The second kappa shape index (κ2) is 6.46. The van der Waals surface area contributed by atoms with Crippen LogP contribution in [0.1, 0.15) is 33.6 Å². The average molecular weight is 186 g/mol. The van der Waals surface area contributed by atoms with Crippen LogP contribution < -0.4 is 5.43 Å². The van der Waals surface area contributed by atoms with Crippen molar-refractivity contribution < 1.29 is 9.53 Å². The lowest BCUT2D eigenvalue weighted by Gasteiger charge is -2.03. The van der Waals surface area contributed by atoms with Gasteiger partial charge in [0.2, 0.25) is 0 Å². The quantitative estimate of drug-likeness (QED) is 0.540. The Hall–Kier alpha value is -1.06. The number of carbonyl (C=O) groups is 1. The SMILES string of the molecule is COC(=O)NN=C(C)CCC(C)C.